The third kappa shape index (κ3) is 8.39. The molecule has 2 aliphatic rings. The summed E-state index contributed by atoms with van der Waals surface area (Å²) in [4.78, 5) is 7.25. The summed E-state index contributed by atoms with van der Waals surface area (Å²) in [5, 5.41) is 16.6. The predicted molar refractivity (Wildman–Crippen MR) is 129 cm³/mol. The van der Waals surface area contributed by atoms with E-state index in [4.69, 9.17) is 9.73 Å². The fourth-order valence-electron chi connectivity index (χ4n) is 4.02. The predicted octanol–water partition coefficient (Wildman–Crippen LogP) is 2.88. The van der Waals surface area contributed by atoms with Gasteiger partial charge in [0.2, 0.25) is 0 Å². The molecule has 6 nitrogen and oxygen atoms in total. The van der Waals surface area contributed by atoms with E-state index in [1.54, 1.807) is 0 Å². The van der Waals surface area contributed by atoms with Gasteiger partial charge >= 0.3 is 0 Å². The molecule has 29 heavy (non-hydrogen) atoms. The fraction of sp³-hybridized carbons (Fsp3) is 0.682. The van der Waals surface area contributed by atoms with Crippen molar-refractivity contribution >= 4 is 29.9 Å². The van der Waals surface area contributed by atoms with E-state index >= 15 is 0 Å². The van der Waals surface area contributed by atoms with E-state index in [0.29, 0.717) is 18.7 Å². The van der Waals surface area contributed by atoms with Gasteiger partial charge in [-0.15, -0.1) is 24.0 Å². The number of morpholine rings is 1. The van der Waals surface area contributed by atoms with Crippen LogP contribution >= 0.6 is 24.0 Å². The summed E-state index contributed by atoms with van der Waals surface area (Å²) in [6, 6.07) is 9.15. The van der Waals surface area contributed by atoms with Crippen molar-refractivity contribution in [3.05, 3.63) is 35.4 Å². The molecule has 0 bridgehead atoms. The second-order valence-corrected chi connectivity index (χ2v) is 8.08. The number of ether oxygens (including phenoxy) is 1. The Bertz CT molecular complexity index is 635. The van der Waals surface area contributed by atoms with Crippen molar-refractivity contribution < 1.29 is 9.84 Å². The van der Waals surface area contributed by atoms with Crippen LogP contribution in [0.4, 0.5) is 0 Å². The van der Waals surface area contributed by atoms with Crippen molar-refractivity contribution in [3.8, 4) is 0 Å². The summed E-state index contributed by atoms with van der Waals surface area (Å²) in [7, 11) is 0. The number of aliphatic imine (C=N–C) groups is 1. The van der Waals surface area contributed by atoms with Crippen LogP contribution in [0.1, 0.15) is 50.7 Å². The largest absolute Gasteiger partial charge is 0.393 e. The molecule has 0 amide bonds. The van der Waals surface area contributed by atoms with Crippen molar-refractivity contribution in [2.45, 2.75) is 70.9 Å². The molecule has 1 aliphatic heterocycles. The van der Waals surface area contributed by atoms with Crippen molar-refractivity contribution in [2.24, 2.45) is 4.99 Å². The third-order valence-electron chi connectivity index (χ3n) is 5.52. The molecule has 1 unspecified atom stereocenters. The lowest BCUT2D eigenvalue weighted by molar-refractivity contribution is -0.0212. The van der Waals surface area contributed by atoms with E-state index in [1.807, 2.05) is 0 Å². The average molecular weight is 516 g/mol. The first-order valence-electron chi connectivity index (χ1n) is 10.8. The lowest BCUT2D eigenvalue weighted by atomic mass is 9.93. The molecule has 2 fully saturated rings. The molecule has 1 heterocycles. The Balaban J connectivity index is 0.00000300. The number of benzene rings is 1. The Kier molecular flexibility index (Phi) is 10.7. The zero-order chi connectivity index (χ0) is 19.8. The second-order valence-electron chi connectivity index (χ2n) is 8.08. The highest BCUT2D eigenvalue weighted by Crippen LogP contribution is 2.18. The number of nitrogens with zero attached hydrogens (tertiary/aromatic N) is 2. The van der Waals surface area contributed by atoms with Crippen LogP contribution in [0, 0.1) is 0 Å². The van der Waals surface area contributed by atoms with Gasteiger partial charge in [0.25, 0.3) is 0 Å². The first-order valence-corrected chi connectivity index (χ1v) is 10.8. The van der Waals surface area contributed by atoms with E-state index in [-0.39, 0.29) is 30.1 Å². The molecule has 1 atom stereocenters. The summed E-state index contributed by atoms with van der Waals surface area (Å²) in [5.74, 6) is 0.872. The average Bonchev–Trinajstić information content (AvgIpc) is 2.68. The molecule has 1 saturated carbocycles. The van der Waals surface area contributed by atoms with Crippen LogP contribution in [-0.4, -0.2) is 60.5 Å². The molecule has 7 heteroatoms. The van der Waals surface area contributed by atoms with Crippen LogP contribution in [0.5, 0.6) is 0 Å². The second kappa shape index (κ2) is 12.7. The summed E-state index contributed by atoms with van der Waals surface area (Å²) in [6.45, 7) is 9.51. The normalized spacial score (nSPS) is 25.9. The molecule has 0 radical (unpaired) electrons. The van der Waals surface area contributed by atoms with Gasteiger partial charge in [-0.25, -0.2) is 4.99 Å². The van der Waals surface area contributed by atoms with E-state index in [1.165, 1.54) is 11.1 Å². The molecule has 1 aliphatic carbocycles. The van der Waals surface area contributed by atoms with Gasteiger partial charge in [0.15, 0.2) is 5.96 Å². The van der Waals surface area contributed by atoms with Crippen LogP contribution in [0.2, 0.25) is 0 Å². The summed E-state index contributed by atoms with van der Waals surface area (Å²) < 4.78 is 5.64. The molecule has 0 spiro atoms. The van der Waals surface area contributed by atoms with E-state index < -0.39 is 0 Å². The topological polar surface area (TPSA) is 69.1 Å². The van der Waals surface area contributed by atoms with Crippen LogP contribution in [-0.2, 0) is 17.8 Å². The highest BCUT2D eigenvalue weighted by molar-refractivity contribution is 14.0. The van der Waals surface area contributed by atoms with Crippen LogP contribution in [0.3, 0.4) is 0 Å². The van der Waals surface area contributed by atoms with E-state index in [2.05, 4.69) is 53.6 Å². The molecule has 3 rings (SSSR count). The summed E-state index contributed by atoms with van der Waals surface area (Å²) in [5.41, 5.74) is 2.57. The Hall–Kier alpha value is -0.900. The maximum Gasteiger partial charge on any atom is 0.191 e. The smallest absolute Gasteiger partial charge is 0.191 e. The number of rotatable bonds is 6. The zero-order valence-corrected chi connectivity index (χ0v) is 20.1. The number of aliphatic hydroxyl groups is 1. The monoisotopic (exact) mass is 516 g/mol. The summed E-state index contributed by atoms with van der Waals surface area (Å²) in [6.07, 6.45) is 3.93. The van der Waals surface area contributed by atoms with Crippen molar-refractivity contribution in [1.29, 1.82) is 0 Å². The molecule has 1 saturated heterocycles. The number of hydrogen-bond acceptors (Lipinski definition) is 4. The molecule has 164 valence electrons. The van der Waals surface area contributed by atoms with Gasteiger partial charge in [0.1, 0.15) is 0 Å². The van der Waals surface area contributed by atoms with Gasteiger partial charge in [-0.05, 0) is 50.7 Å². The Morgan fingerprint density at radius 1 is 1.24 bits per heavy atom. The van der Waals surface area contributed by atoms with Crippen LogP contribution in [0.15, 0.2) is 29.3 Å². The molecule has 3 N–H and O–H groups in total. The highest BCUT2D eigenvalue weighted by Gasteiger charge is 2.20. The van der Waals surface area contributed by atoms with Gasteiger partial charge in [-0.1, -0.05) is 24.3 Å². The van der Waals surface area contributed by atoms with E-state index in [0.717, 1.165) is 64.4 Å². The lowest BCUT2D eigenvalue weighted by Crippen LogP contribution is -2.45. The molecule has 1 aromatic rings. The standard InChI is InChI=1S/C22H36N4O2.HI/c1-3-23-22(25-20-7-9-21(27)10-8-20)24-14-18-5-4-6-19(13-18)16-26-11-12-28-17(2)15-26;/h4-6,13,17,20-21,27H,3,7-12,14-16H2,1-2H3,(H2,23,24,25);1H. The Morgan fingerprint density at radius 3 is 2.72 bits per heavy atom. The SMILES string of the molecule is CCNC(=NCc1cccc(CN2CCOC(C)C2)c1)NC1CCC(O)CC1.I. The number of guanidine groups is 1. The first kappa shape index (κ1) is 24.4. The van der Waals surface area contributed by atoms with Crippen molar-refractivity contribution in [3.63, 3.8) is 0 Å². The zero-order valence-electron chi connectivity index (χ0n) is 17.8. The molecule has 0 aromatic heterocycles. The summed E-state index contributed by atoms with van der Waals surface area (Å²) >= 11 is 0. The number of aliphatic hydroxyl groups excluding tert-OH is 1. The van der Waals surface area contributed by atoms with Gasteiger partial charge in [-0.2, -0.15) is 0 Å². The minimum absolute atomic E-state index is 0. The quantitative estimate of drug-likeness (QED) is 0.308. The van der Waals surface area contributed by atoms with E-state index in [9.17, 15) is 5.11 Å². The van der Waals surface area contributed by atoms with Crippen LogP contribution < -0.4 is 10.6 Å². The highest BCUT2D eigenvalue weighted by atomic mass is 127. The fourth-order valence-corrected chi connectivity index (χ4v) is 4.02. The lowest BCUT2D eigenvalue weighted by Gasteiger charge is -2.31. The van der Waals surface area contributed by atoms with Gasteiger partial charge in [0, 0.05) is 32.2 Å². The maximum absolute atomic E-state index is 9.69. The number of nitrogens with one attached hydrogen (secondary N) is 2. The number of hydrogen-bond donors (Lipinski definition) is 3. The van der Waals surface area contributed by atoms with Crippen LogP contribution in [0.25, 0.3) is 0 Å². The molecule has 1 aromatic carbocycles. The maximum atomic E-state index is 9.69. The Morgan fingerprint density at radius 2 is 2.00 bits per heavy atom. The van der Waals surface area contributed by atoms with Gasteiger partial charge < -0.3 is 20.5 Å². The van der Waals surface area contributed by atoms with Crippen molar-refractivity contribution in [1.82, 2.24) is 15.5 Å². The minimum atomic E-state index is -0.130. The van der Waals surface area contributed by atoms with Crippen molar-refractivity contribution in [2.75, 3.05) is 26.2 Å². The number of halogens is 1. The molecular formula is C22H37IN4O2. The molecular weight excluding hydrogens is 479 g/mol. The first-order chi connectivity index (χ1) is 13.6. The van der Waals surface area contributed by atoms with Gasteiger partial charge in [0.05, 0.1) is 25.4 Å². The minimum Gasteiger partial charge on any atom is -0.393 e. The third-order valence-corrected chi connectivity index (χ3v) is 5.52. The Labute approximate surface area is 192 Å². The van der Waals surface area contributed by atoms with Gasteiger partial charge in [-0.3, -0.25) is 4.90 Å².